The second-order valence-corrected chi connectivity index (χ2v) is 11.2. The van der Waals surface area contributed by atoms with Crippen LogP contribution >= 0.6 is 0 Å². The van der Waals surface area contributed by atoms with E-state index in [2.05, 4.69) is 15.2 Å². The lowest BCUT2D eigenvalue weighted by atomic mass is 9.95. The van der Waals surface area contributed by atoms with Crippen molar-refractivity contribution in [2.24, 2.45) is 5.92 Å². The summed E-state index contributed by atoms with van der Waals surface area (Å²) in [4.78, 5) is 43.9. The highest BCUT2D eigenvalue weighted by Gasteiger charge is 2.26. The Kier molecular flexibility index (Phi) is 7.94. The number of carboxylic acid groups (broad SMARTS) is 1. The molecule has 1 saturated carbocycles. The van der Waals surface area contributed by atoms with Crippen LogP contribution in [0, 0.1) is 5.92 Å². The van der Waals surface area contributed by atoms with E-state index in [9.17, 15) is 19.5 Å². The zero-order chi connectivity index (χ0) is 29.1. The number of carbonyl (C=O) groups is 3. The van der Waals surface area contributed by atoms with Crippen molar-refractivity contribution in [3.8, 4) is 11.4 Å². The average Bonchev–Trinajstić information content (AvgIpc) is 3.69. The topological polar surface area (TPSA) is 130 Å². The van der Waals surface area contributed by atoms with Crippen LogP contribution in [0.2, 0.25) is 0 Å². The lowest BCUT2D eigenvalue weighted by Gasteiger charge is -2.32. The fourth-order valence-electron chi connectivity index (χ4n) is 6.20. The lowest BCUT2D eigenvalue weighted by Crippen LogP contribution is -2.43. The van der Waals surface area contributed by atoms with Crippen molar-refractivity contribution in [3.05, 3.63) is 72.2 Å². The van der Waals surface area contributed by atoms with Crippen LogP contribution in [0.5, 0.6) is 0 Å². The molecule has 1 aliphatic carbocycles. The van der Waals surface area contributed by atoms with Gasteiger partial charge in [-0.2, -0.15) is 0 Å². The third-order valence-corrected chi connectivity index (χ3v) is 8.52. The maximum absolute atomic E-state index is 13.1. The van der Waals surface area contributed by atoms with Gasteiger partial charge in [-0.25, -0.2) is 14.6 Å². The van der Waals surface area contributed by atoms with E-state index in [4.69, 9.17) is 9.40 Å². The number of likely N-dealkylation sites (tertiary alicyclic amines) is 1. The first-order valence-electron chi connectivity index (χ1n) is 14.7. The molecule has 0 radical (unpaired) electrons. The second kappa shape index (κ2) is 12.1. The highest BCUT2D eigenvalue weighted by molar-refractivity contribution is 6.00. The number of fused-ring (bicyclic) bond motifs is 1. The molecular weight excluding hydrogens is 534 g/mol. The molecule has 3 amide bonds. The number of anilines is 1. The van der Waals surface area contributed by atoms with E-state index in [0.29, 0.717) is 31.2 Å². The summed E-state index contributed by atoms with van der Waals surface area (Å²) < 4.78 is 7.68. The van der Waals surface area contributed by atoms with Gasteiger partial charge in [-0.1, -0.05) is 31.4 Å². The Balaban J connectivity index is 1.07. The summed E-state index contributed by atoms with van der Waals surface area (Å²) in [5.74, 6) is -0.105. The predicted octanol–water partition coefficient (Wildman–Crippen LogP) is 6.17. The van der Waals surface area contributed by atoms with Gasteiger partial charge in [0.2, 0.25) is 0 Å². The number of amides is 3. The number of imidazole rings is 1. The van der Waals surface area contributed by atoms with E-state index >= 15 is 0 Å². The Hall–Kier alpha value is -4.60. The van der Waals surface area contributed by atoms with Crippen molar-refractivity contribution in [1.29, 1.82) is 0 Å². The number of hydrogen-bond donors (Lipinski definition) is 3. The van der Waals surface area contributed by atoms with Gasteiger partial charge in [0.25, 0.3) is 5.91 Å². The molecule has 2 fully saturated rings. The van der Waals surface area contributed by atoms with Crippen molar-refractivity contribution < 1.29 is 23.9 Å². The molecule has 3 N–H and O–H groups in total. The number of carbonyl (C=O) groups excluding carboxylic acids is 2. The maximum Gasteiger partial charge on any atom is 0.337 e. The minimum atomic E-state index is -1.09. The molecule has 2 aromatic carbocycles. The van der Waals surface area contributed by atoms with Gasteiger partial charge in [-0.3, -0.25) is 4.79 Å². The minimum absolute atomic E-state index is 0.0556. The van der Waals surface area contributed by atoms with Crippen LogP contribution in [-0.2, 0) is 0 Å². The van der Waals surface area contributed by atoms with Crippen LogP contribution in [0.4, 0.5) is 10.5 Å². The molecular formula is C32H35N5O5. The highest BCUT2D eigenvalue weighted by atomic mass is 16.4. The Morgan fingerprint density at radius 3 is 2.50 bits per heavy atom. The molecule has 6 rings (SSSR count). The average molecular weight is 570 g/mol. The number of nitrogens with zero attached hydrogens (tertiary/aromatic N) is 3. The Bertz CT molecular complexity index is 1580. The number of para-hydroxylation sites is 1. The number of aromatic nitrogens is 2. The monoisotopic (exact) mass is 569 g/mol. The highest BCUT2D eigenvalue weighted by Crippen LogP contribution is 2.36. The molecule has 0 unspecified atom stereocenters. The van der Waals surface area contributed by atoms with E-state index in [0.717, 1.165) is 48.1 Å². The summed E-state index contributed by atoms with van der Waals surface area (Å²) in [5, 5.41) is 15.2. The summed E-state index contributed by atoms with van der Waals surface area (Å²) in [7, 11) is 0. The van der Waals surface area contributed by atoms with Gasteiger partial charge in [0.1, 0.15) is 12.1 Å². The number of carboxylic acids is 1. The van der Waals surface area contributed by atoms with Gasteiger partial charge in [0, 0.05) is 31.2 Å². The van der Waals surface area contributed by atoms with E-state index in [1.165, 1.54) is 25.3 Å². The second-order valence-electron chi connectivity index (χ2n) is 11.2. The van der Waals surface area contributed by atoms with Crippen molar-refractivity contribution >= 4 is 34.6 Å². The van der Waals surface area contributed by atoms with Gasteiger partial charge in [-0.15, -0.1) is 0 Å². The molecule has 2 aliphatic rings. The SMILES string of the molecule is O=C(NCC1CCN(C(=O)Nc2ccccc2C(=O)O)CC1)c1ccc2c(c1)nc(-c1ccoc1)n2C1CCCCC1. The molecule has 1 saturated heterocycles. The summed E-state index contributed by atoms with van der Waals surface area (Å²) in [5.41, 5.74) is 3.68. The zero-order valence-electron chi connectivity index (χ0n) is 23.4. The van der Waals surface area contributed by atoms with Crippen molar-refractivity contribution in [1.82, 2.24) is 19.8 Å². The van der Waals surface area contributed by atoms with E-state index in [-0.39, 0.29) is 29.1 Å². The number of piperidine rings is 1. The molecule has 42 heavy (non-hydrogen) atoms. The maximum atomic E-state index is 13.1. The first kappa shape index (κ1) is 27.6. The molecule has 0 spiro atoms. The standard InChI is InChI=1S/C32H35N5O5/c38-30(33-19-21-12-15-36(16-13-21)32(41)35-26-9-5-4-8-25(26)31(39)40)22-10-11-28-27(18-22)34-29(23-14-17-42-20-23)37(28)24-6-2-1-3-7-24/h4-5,8-11,14,17-18,20-21,24H,1-3,6-7,12-13,15-16,19H2,(H,33,38)(H,35,41)(H,39,40). The number of nitrogens with one attached hydrogen (secondary N) is 2. The van der Waals surface area contributed by atoms with E-state index in [1.54, 1.807) is 35.6 Å². The van der Waals surface area contributed by atoms with Crippen molar-refractivity contribution in [3.63, 3.8) is 0 Å². The molecule has 0 bridgehead atoms. The summed E-state index contributed by atoms with van der Waals surface area (Å²) >= 11 is 0. The van der Waals surface area contributed by atoms with Gasteiger partial charge >= 0.3 is 12.0 Å². The normalized spacial score (nSPS) is 16.4. The largest absolute Gasteiger partial charge is 0.478 e. The van der Waals surface area contributed by atoms with E-state index < -0.39 is 5.97 Å². The molecule has 2 aromatic heterocycles. The fraction of sp³-hybridized carbons (Fsp3) is 0.375. The van der Waals surface area contributed by atoms with Crippen LogP contribution in [0.3, 0.4) is 0 Å². The minimum Gasteiger partial charge on any atom is -0.478 e. The summed E-state index contributed by atoms with van der Waals surface area (Å²) in [6.07, 6.45) is 10.8. The number of hydrogen-bond acceptors (Lipinski definition) is 5. The van der Waals surface area contributed by atoms with Crippen LogP contribution in [0.1, 0.15) is 71.7 Å². The van der Waals surface area contributed by atoms with Crippen molar-refractivity contribution in [2.45, 2.75) is 51.0 Å². The van der Waals surface area contributed by atoms with Crippen LogP contribution in [0.15, 0.2) is 65.5 Å². The molecule has 1 aliphatic heterocycles. The first-order valence-corrected chi connectivity index (χ1v) is 14.7. The third-order valence-electron chi connectivity index (χ3n) is 8.52. The van der Waals surface area contributed by atoms with Gasteiger partial charge in [0.15, 0.2) is 0 Å². The fourth-order valence-corrected chi connectivity index (χ4v) is 6.20. The van der Waals surface area contributed by atoms with Crippen LogP contribution < -0.4 is 10.6 Å². The molecule has 4 aromatic rings. The number of rotatable bonds is 7. The summed E-state index contributed by atoms with van der Waals surface area (Å²) in [6, 6.07) is 14.1. The predicted molar refractivity (Wildman–Crippen MR) is 159 cm³/mol. The molecule has 0 atom stereocenters. The molecule has 3 heterocycles. The number of furan rings is 1. The first-order chi connectivity index (χ1) is 20.5. The number of benzene rings is 2. The van der Waals surface area contributed by atoms with Gasteiger partial charge < -0.3 is 29.6 Å². The van der Waals surface area contributed by atoms with Crippen LogP contribution in [0.25, 0.3) is 22.4 Å². The Labute approximate surface area is 243 Å². The zero-order valence-corrected chi connectivity index (χ0v) is 23.4. The molecule has 10 nitrogen and oxygen atoms in total. The van der Waals surface area contributed by atoms with Gasteiger partial charge in [-0.05, 0) is 68.0 Å². The van der Waals surface area contributed by atoms with Crippen molar-refractivity contribution in [2.75, 3.05) is 25.0 Å². The van der Waals surface area contributed by atoms with Gasteiger partial charge in [0.05, 0.1) is 34.1 Å². The Morgan fingerprint density at radius 1 is 0.976 bits per heavy atom. The third kappa shape index (κ3) is 5.74. The quantitative estimate of drug-likeness (QED) is 0.244. The Morgan fingerprint density at radius 2 is 1.76 bits per heavy atom. The van der Waals surface area contributed by atoms with Crippen LogP contribution in [-0.4, -0.2) is 57.1 Å². The smallest absolute Gasteiger partial charge is 0.337 e. The molecule has 10 heteroatoms. The van der Waals surface area contributed by atoms with E-state index in [1.807, 2.05) is 24.3 Å². The number of aromatic carboxylic acids is 1. The number of urea groups is 1. The lowest BCUT2D eigenvalue weighted by molar-refractivity contribution is 0.0697. The molecule has 218 valence electrons. The summed E-state index contributed by atoms with van der Waals surface area (Å²) in [6.45, 7) is 1.58.